The van der Waals surface area contributed by atoms with E-state index in [2.05, 4.69) is 15.5 Å². The molecule has 0 spiro atoms. The Balaban J connectivity index is 1.64. The summed E-state index contributed by atoms with van der Waals surface area (Å²) in [5, 5.41) is 4.62. The fraction of sp³-hybridized carbons (Fsp3) is 0.250. The van der Waals surface area contributed by atoms with E-state index in [1.807, 2.05) is 45.9 Å². The van der Waals surface area contributed by atoms with Gasteiger partial charge in [0.1, 0.15) is 11.7 Å². The SMILES string of the molecule is CCOc1ccc(C(=O)Nn2cnc3c(cnn3-c3ccc(C)c(C)c3)c2=O)cc1OCC. The van der Waals surface area contributed by atoms with Gasteiger partial charge >= 0.3 is 0 Å². The van der Waals surface area contributed by atoms with Crippen molar-refractivity contribution in [3.63, 3.8) is 0 Å². The lowest BCUT2D eigenvalue weighted by molar-refractivity contribution is 0.101. The molecule has 0 atom stereocenters. The Morgan fingerprint density at radius 3 is 2.48 bits per heavy atom. The second-order valence-corrected chi connectivity index (χ2v) is 7.45. The predicted octanol–water partition coefficient (Wildman–Crippen LogP) is 3.38. The molecule has 0 bridgehead atoms. The van der Waals surface area contributed by atoms with Crippen LogP contribution in [0.2, 0.25) is 0 Å². The molecular weight excluding hydrogens is 422 g/mol. The van der Waals surface area contributed by atoms with Crippen LogP contribution in [0.4, 0.5) is 0 Å². The van der Waals surface area contributed by atoms with Gasteiger partial charge in [-0.1, -0.05) is 6.07 Å². The molecule has 2 heterocycles. The van der Waals surface area contributed by atoms with E-state index in [1.165, 1.54) is 12.5 Å². The van der Waals surface area contributed by atoms with Crippen LogP contribution in [0.25, 0.3) is 16.7 Å². The largest absolute Gasteiger partial charge is 0.490 e. The molecule has 2 aromatic heterocycles. The van der Waals surface area contributed by atoms with Crippen molar-refractivity contribution in [2.75, 3.05) is 18.6 Å². The molecule has 4 aromatic rings. The topological polar surface area (TPSA) is 100 Å². The van der Waals surface area contributed by atoms with Gasteiger partial charge in [-0.15, -0.1) is 0 Å². The predicted molar refractivity (Wildman–Crippen MR) is 125 cm³/mol. The Labute approximate surface area is 190 Å². The molecule has 170 valence electrons. The maximum absolute atomic E-state index is 13.0. The molecule has 0 fully saturated rings. The monoisotopic (exact) mass is 447 g/mol. The minimum atomic E-state index is -0.483. The van der Waals surface area contributed by atoms with Gasteiger partial charge in [0, 0.05) is 5.56 Å². The number of aromatic nitrogens is 4. The second-order valence-electron chi connectivity index (χ2n) is 7.45. The zero-order valence-electron chi connectivity index (χ0n) is 19.0. The van der Waals surface area contributed by atoms with E-state index in [-0.39, 0.29) is 5.39 Å². The molecule has 9 nitrogen and oxygen atoms in total. The number of hydrogen-bond acceptors (Lipinski definition) is 6. The van der Waals surface area contributed by atoms with Gasteiger partial charge in [-0.2, -0.15) is 5.10 Å². The summed E-state index contributed by atoms with van der Waals surface area (Å²) in [4.78, 5) is 30.2. The molecule has 4 rings (SSSR count). The van der Waals surface area contributed by atoms with Crippen LogP contribution >= 0.6 is 0 Å². The lowest BCUT2D eigenvalue weighted by Gasteiger charge is -2.13. The van der Waals surface area contributed by atoms with Crippen molar-refractivity contribution >= 4 is 16.9 Å². The number of carbonyl (C=O) groups excluding carboxylic acids is 1. The van der Waals surface area contributed by atoms with Gasteiger partial charge in [0.2, 0.25) is 0 Å². The zero-order chi connectivity index (χ0) is 23.5. The first-order valence-corrected chi connectivity index (χ1v) is 10.7. The normalized spacial score (nSPS) is 10.9. The number of benzene rings is 2. The van der Waals surface area contributed by atoms with Crippen molar-refractivity contribution in [1.82, 2.24) is 19.4 Å². The first-order valence-electron chi connectivity index (χ1n) is 10.7. The van der Waals surface area contributed by atoms with E-state index in [9.17, 15) is 9.59 Å². The Kier molecular flexibility index (Phi) is 6.12. The van der Waals surface area contributed by atoms with Gasteiger partial charge in [-0.25, -0.2) is 14.3 Å². The summed E-state index contributed by atoms with van der Waals surface area (Å²) in [7, 11) is 0. The van der Waals surface area contributed by atoms with Gasteiger partial charge < -0.3 is 9.47 Å². The first kappa shape index (κ1) is 22.1. The van der Waals surface area contributed by atoms with Crippen molar-refractivity contribution in [2.45, 2.75) is 27.7 Å². The highest BCUT2D eigenvalue weighted by atomic mass is 16.5. The quantitative estimate of drug-likeness (QED) is 0.466. The van der Waals surface area contributed by atoms with Crippen LogP contribution < -0.4 is 20.5 Å². The number of nitrogens with one attached hydrogen (secondary N) is 1. The van der Waals surface area contributed by atoms with Crippen LogP contribution in [0.5, 0.6) is 11.5 Å². The summed E-state index contributed by atoms with van der Waals surface area (Å²) < 4.78 is 13.8. The van der Waals surface area contributed by atoms with Crippen molar-refractivity contribution in [2.24, 2.45) is 0 Å². The zero-order valence-corrected chi connectivity index (χ0v) is 19.0. The third-order valence-electron chi connectivity index (χ3n) is 5.25. The summed E-state index contributed by atoms with van der Waals surface area (Å²) in [6, 6.07) is 10.8. The molecular formula is C24H25N5O4. The standard InChI is InChI=1S/C24H25N5O4/c1-5-32-20-10-8-17(12-21(20)33-6-2)23(30)27-28-14-25-22-19(24(28)31)13-26-29(22)18-9-7-15(3)16(4)11-18/h7-14H,5-6H2,1-4H3,(H,27,30). The number of rotatable bonds is 7. The smallest absolute Gasteiger partial charge is 0.283 e. The molecule has 0 saturated carbocycles. The van der Waals surface area contributed by atoms with Crippen molar-refractivity contribution < 1.29 is 14.3 Å². The number of nitrogens with zero attached hydrogens (tertiary/aromatic N) is 4. The number of aryl methyl sites for hydroxylation is 2. The van der Waals surface area contributed by atoms with Crippen molar-refractivity contribution in [3.05, 3.63) is 76.0 Å². The Hall–Kier alpha value is -4.14. The van der Waals surface area contributed by atoms with Gasteiger partial charge in [0.05, 0.1) is 25.1 Å². The fourth-order valence-corrected chi connectivity index (χ4v) is 3.40. The molecule has 0 saturated heterocycles. The fourth-order valence-electron chi connectivity index (χ4n) is 3.40. The minimum absolute atomic E-state index is 0.290. The van der Waals surface area contributed by atoms with E-state index in [0.717, 1.165) is 21.5 Å². The number of amides is 1. The molecule has 0 aliphatic rings. The van der Waals surface area contributed by atoms with Crippen LogP contribution in [0, 0.1) is 13.8 Å². The molecule has 0 aliphatic carbocycles. The average molecular weight is 447 g/mol. The molecule has 1 amide bonds. The van der Waals surface area contributed by atoms with Crippen molar-refractivity contribution in [3.8, 4) is 17.2 Å². The molecule has 2 aromatic carbocycles. The second kappa shape index (κ2) is 9.15. The van der Waals surface area contributed by atoms with Crippen molar-refractivity contribution in [1.29, 1.82) is 0 Å². The highest BCUT2D eigenvalue weighted by molar-refractivity contribution is 6.00. The van der Waals surface area contributed by atoms with Crippen LogP contribution in [-0.4, -0.2) is 38.6 Å². The van der Waals surface area contributed by atoms with Crippen LogP contribution in [0.15, 0.2) is 53.7 Å². The first-order chi connectivity index (χ1) is 15.9. The highest BCUT2D eigenvalue weighted by Crippen LogP contribution is 2.28. The maximum atomic E-state index is 13.0. The highest BCUT2D eigenvalue weighted by Gasteiger charge is 2.16. The number of carbonyl (C=O) groups is 1. The van der Waals surface area contributed by atoms with E-state index < -0.39 is 11.5 Å². The van der Waals surface area contributed by atoms with Gasteiger partial charge in [-0.05, 0) is 69.2 Å². The summed E-state index contributed by atoms with van der Waals surface area (Å²) in [6.45, 7) is 8.66. The van der Waals surface area contributed by atoms with E-state index in [1.54, 1.807) is 22.9 Å². The van der Waals surface area contributed by atoms with Gasteiger partial charge in [0.15, 0.2) is 17.1 Å². The summed E-state index contributed by atoms with van der Waals surface area (Å²) in [6.07, 6.45) is 2.73. The van der Waals surface area contributed by atoms with Gasteiger partial charge in [-0.3, -0.25) is 15.0 Å². The average Bonchev–Trinajstić information content (AvgIpc) is 3.24. The van der Waals surface area contributed by atoms with E-state index in [0.29, 0.717) is 35.9 Å². The molecule has 0 radical (unpaired) electrons. The molecule has 9 heteroatoms. The lowest BCUT2D eigenvalue weighted by atomic mass is 10.1. The molecule has 1 N–H and O–H groups in total. The number of hydrogen-bond donors (Lipinski definition) is 1. The Morgan fingerprint density at radius 2 is 1.76 bits per heavy atom. The maximum Gasteiger partial charge on any atom is 0.283 e. The molecule has 33 heavy (non-hydrogen) atoms. The molecule has 0 unspecified atom stereocenters. The van der Waals surface area contributed by atoms with E-state index in [4.69, 9.17) is 9.47 Å². The third kappa shape index (κ3) is 4.30. The van der Waals surface area contributed by atoms with Crippen LogP contribution in [0.1, 0.15) is 35.3 Å². The summed E-state index contributed by atoms with van der Waals surface area (Å²) in [5.74, 6) is 0.529. The summed E-state index contributed by atoms with van der Waals surface area (Å²) >= 11 is 0. The number of fused-ring (bicyclic) bond motifs is 1. The third-order valence-corrected chi connectivity index (χ3v) is 5.25. The van der Waals surface area contributed by atoms with Gasteiger partial charge in [0.25, 0.3) is 11.5 Å². The molecule has 0 aliphatic heterocycles. The summed E-state index contributed by atoms with van der Waals surface area (Å²) in [5.41, 5.74) is 5.95. The number of ether oxygens (including phenoxy) is 2. The lowest BCUT2D eigenvalue weighted by Crippen LogP contribution is -2.33. The van der Waals surface area contributed by atoms with E-state index >= 15 is 0 Å². The Bertz CT molecular complexity index is 1390. The minimum Gasteiger partial charge on any atom is -0.490 e. The Morgan fingerprint density at radius 1 is 1.00 bits per heavy atom. The van der Waals surface area contributed by atoms with Crippen LogP contribution in [-0.2, 0) is 0 Å². The van der Waals surface area contributed by atoms with Crippen LogP contribution in [0.3, 0.4) is 0 Å².